The number of nitrogens with zero attached hydrogens (tertiary/aromatic N) is 5. The molecular weight excluding hydrogens is 430 g/mol. The first kappa shape index (κ1) is 20.4. The molecule has 2 aliphatic carbocycles. The van der Waals surface area contributed by atoms with Crippen LogP contribution in [0.3, 0.4) is 0 Å². The lowest BCUT2D eigenvalue weighted by Gasteiger charge is -2.32. The van der Waals surface area contributed by atoms with Crippen LogP contribution in [0.5, 0.6) is 0 Å². The summed E-state index contributed by atoms with van der Waals surface area (Å²) in [6, 6.07) is 24.2. The minimum absolute atomic E-state index is 0.421. The Bertz CT molecular complexity index is 1420. The summed E-state index contributed by atoms with van der Waals surface area (Å²) in [6.07, 6.45) is 13.9. The fraction of sp³-hybridized carbons (Fsp3) is 0.233. The zero-order valence-corrected chi connectivity index (χ0v) is 19.5. The summed E-state index contributed by atoms with van der Waals surface area (Å²) in [7, 11) is 0. The maximum Gasteiger partial charge on any atom is 0.164 e. The average molecular weight is 458 g/mol. The quantitative estimate of drug-likeness (QED) is 0.343. The molecule has 5 heteroatoms. The van der Waals surface area contributed by atoms with Crippen molar-refractivity contribution in [1.29, 1.82) is 0 Å². The number of allylic oxidation sites excluding steroid dienone is 3. The Balaban J connectivity index is 1.20. The molecule has 2 unspecified atom stereocenters. The largest absolute Gasteiger partial charge is 0.340 e. The van der Waals surface area contributed by atoms with Gasteiger partial charge in [0.2, 0.25) is 0 Å². The molecule has 0 saturated heterocycles. The number of anilines is 1. The van der Waals surface area contributed by atoms with Crippen molar-refractivity contribution >= 4 is 11.3 Å². The molecule has 2 aromatic heterocycles. The Hall–Kier alpha value is -3.99. The van der Waals surface area contributed by atoms with Crippen LogP contribution in [0, 0.1) is 5.92 Å². The van der Waals surface area contributed by atoms with Gasteiger partial charge >= 0.3 is 0 Å². The molecule has 0 spiro atoms. The van der Waals surface area contributed by atoms with Crippen molar-refractivity contribution in [3.63, 3.8) is 0 Å². The van der Waals surface area contributed by atoms with E-state index in [-0.39, 0.29) is 0 Å². The molecule has 5 nitrogen and oxygen atoms in total. The molecule has 35 heavy (non-hydrogen) atoms. The summed E-state index contributed by atoms with van der Waals surface area (Å²) in [5.74, 6) is 2.15. The molecule has 172 valence electrons. The van der Waals surface area contributed by atoms with E-state index in [0.717, 1.165) is 24.4 Å². The molecule has 2 saturated carbocycles. The predicted molar refractivity (Wildman–Crippen MR) is 139 cm³/mol. The first-order chi connectivity index (χ1) is 17.3. The number of benzene rings is 2. The Kier molecular flexibility index (Phi) is 4.86. The molecule has 3 aliphatic rings. The van der Waals surface area contributed by atoms with E-state index in [2.05, 4.69) is 104 Å². The van der Waals surface area contributed by atoms with Crippen molar-refractivity contribution in [2.45, 2.75) is 31.2 Å². The molecule has 3 heterocycles. The second-order valence-corrected chi connectivity index (χ2v) is 9.81. The summed E-state index contributed by atoms with van der Waals surface area (Å²) >= 11 is 0. The van der Waals surface area contributed by atoms with Crippen molar-refractivity contribution in [2.24, 2.45) is 5.92 Å². The molecule has 4 aromatic rings. The molecule has 2 atom stereocenters. The molecule has 0 bridgehead atoms. The van der Waals surface area contributed by atoms with Crippen LogP contribution in [0.2, 0.25) is 0 Å². The lowest BCUT2D eigenvalue weighted by molar-refractivity contribution is 0.721. The number of aromatic nitrogens is 4. The third-order valence-corrected chi connectivity index (χ3v) is 7.47. The van der Waals surface area contributed by atoms with E-state index in [1.54, 1.807) is 0 Å². The molecule has 0 radical (unpaired) electrons. The van der Waals surface area contributed by atoms with Gasteiger partial charge in [-0.3, -0.25) is 4.98 Å². The molecule has 7 rings (SSSR count). The van der Waals surface area contributed by atoms with Gasteiger partial charge in [0.25, 0.3) is 0 Å². The van der Waals surface area contributed by atoms with Gasteiger partial charge in [-0.2, -0.15) is 0 Å². The van der Waals surface area contributed by atoms with Crippen LogP contribution in [0.15, 0.2) is 103 Å². The van der Waals surface area contributed by atoms with E-state index in [4.69, 9.17) is 0 Å². The molecule has 1 aliphatic heterocycles. The van der Waals surface area contributed by atoms with Gasteiger partial charge in [0.15, 0.2) is 5.82 Å². The molecular formula is C30H27N5. The zero-order valence-electron chi connectivity index (χ0n) is 19.5. The monoisotopic (exact) mass is 457 g/mol. The van der Waals surface area contributed by atoms with E-state index in [0.29, 0.717) is 17.9 Å². The van der Waals surface area contributed by atoms with Crippen LogP contribution in [0.4, 0.5) is 5.69 Å². The molecule has 2 aromatic carbocycles. The fourth-order valence-corrected chi connectivity index (χ4v) is 5.37. The van der Waals surface area contributed by atoms with Crippen LogP contribution >= 0.6 is 0 Å². The summed E-state index contributed by atoms with van der Waals surface area (Å²) < 4.78 is 2.27. The number of hydrogen-bond donors (Lipinski definition) is 0. The highest BCUT2D eigenvalue weighted by atomic mass is 15.3. The zero-order chi connectivity index (χ0) is 23.2. The highest BCUT2D eigenvalue weighted by Crippen LogP contribution is 2.52. The van der Waals surface area contributed by atoms with E-state index in [1.807, 2.05) is 18.7 Å². The Morgan fingerprint density at radius 2 is 1.69 bits per heavy atom. The Morgan fingerprint density at radius 1 is 0.829 bits per heavy atom. The van der Waals surface area contributed by atoms with Crippen LogP contribution in [0.25, 0.3) is 17.0 Å². The summed E-state index contributed by atoms with van der Waals surface area (Å²) in [6.45, 7) is 0.862. The first-order valence-corrected chi connectivity index (χ1v) is 12.5. The second kappa shape index (κ2) is 8.35. The molecule has 2 fully saturated rings. The lowest BCUT2D eigenvalue weighted by atomic mass is 10.0. The van der Waals surface area contributed by atoms with Gasteiger partial charge in [-0.1, -0.05) is 48.5 Å². The minimum Gasteiger partial charge on any atom is -0.340 e. The third kappa shape index (κ3) is 3.87. The number of rotatable bonds is 6. The summed E-state index contributed by atoms with van der Waals surface area (Å²) in [5, 5.41) is 8.86. The normalized spacial score (nSPS) is 21.4. The van der Waals surface area contributed by atoms with E-state index >= 15 is 0 Å². The fourth-order valence-electron chi connectivity index (χ4n) is 5.37. The predicted octanol–water partition coefficient (Wildman–Crippen LogP) is 6.27. The van der Waals surface area contributed by atoms with Crippen LogP contribution in [0.1, 0.15) is 42.3 Å². The van der Waals surface area contributed by atoms with Crippen LogP contribution in [-0.4, -0.2) is 26.3 Å². The number of hydrogen-bond acceptors (Lipinski definition) is 4. The van der Waals surface area contributed by atoms with Gasteiger partial charge in [-0.05, 0) is 72.2 Å². The van der Waals surface area contributed by atoms with Crippen LogP contribution in [-0.2, 0) is 0 Å². The standard InChI is InChI=1S/C30H27N5/c1-2-5-22(6-3-1)27-18-29(27)35-20-32-33-30(35)24-7-4-8-26(17-24)34-19-25(21-13-15-31-16-14-21)11-12-28(34)23-9-10-23/h1-8,11-17,20,23,27,29H,9-10,18-19H2. The third-order valence-electron chi connectivity index (χ3n) is 7.47. The summed E-state index contributed by atoms with van der Waals surface area (Å²) in [5.41, 5.74) is 7.70. The van der Waals surface area contributed by atoms with Crippen LogP contribution < -0.4 is 4.90 Å². The topological polar surface area (TPSA) is 46.8 Å². The van der Waals surface area contributed by atoms with Gasteiger partial charge in [0.1, 0.15) is 6.33 Å². The van der Waals surface area contributed by atoms with Gasteiger partial charge in [0, 0.05) is 47.8 Å². The van der Waals surface area contributed by atoms with E-state index in [1.165, 1.54) is 40.9 Å². The summed E-state index contributed by atoms with van der Waals surface area (Å²) in [4.78, 5) is 6.68. The minimum atomic E-state index is 0.421. The van der Waals surface area contributed by atoms with E-state index < -0.39 is 0 Å². The van der Waals surface area contributed by atoms with Crippen molar-refractivity contribution in [3.05, 3.63) is 114 Å². The van der Waals surface area contributed by atoms with Gasteiger partial charge < -0.3 is 9.47 Å². The van der Waals surface area contributed by atoms with Crippen molar-refractivity contribution in [2.75, 3.05) is 11.4 Å². The maximum atomic E-state index is 4.55. The highest BCUT2D eigenvalue weighted by molar-refractivity contribution is 5.77. The smallest absolute Gasteiger partial charge is 0.164 e. The van der Waals surface area contributed by atoms with Crippen molar-refractivity contribution in [1.82, 2.24) is 19.7 Å². The van der Waals surface area contributed by atoms with Gasteiger partial charge in [0.05, 0.1) is 0 Å². The maximum absolute atomic E-state index is 4.55. The molecule has 0 N–H and O–H groups in total. The van der Waals surface area contributed by atoms with Crippen molar-refractivity contribution < 1.29 is 0 Å². The molecule has 0 amide bonds. The first-order valence-electron chi connectivity index (χ1n) is 12.5. The van der Waals surface area contributed by atoms with E-state index in [9.17, 15) is 0 Å². The van der Waals surface area contributed by atoms with Crippen molar-refractivity contribution in [3.8, 4) is 11.4 Å². The Labute approximate surface area is 205 Å². The Morgan fingerprint density at radius 3 is 2.51 bits per heavy atom. The van der Waals surface area contributed by atoms with Gasteiger partial charge in [-0.15, -0.1) is 10.2 Å². The second-order valence-electron chi connectivity index (χ2n) is 9.81. The SMILES string of the molecule is C1=C(c2ccncc2)CN(c2cccc(-c3nncn3C3CC3c3ccccc3)c2)C(C2CC2)=C1. The highest BCUT2D eigenvalue weighted by Gasteiger charge is 2.41. The number of pyridine rings is 1. The van der Waals surface area contributed by atoms with Gasteiger partial charge in [-0.25, -0.2) is 0 Å². The lowest BCUT2D eigenvalue weighted by Crippen LogP contribution is -2.28. The average Bonchev–Trinajstić information content (AvgIpc) is 3.87.